The Morgan fingerprint density at radius 1 is 1.44 bits per heavy atom. The van der Waals surface area contributed by atoms with Crippen LogP contribution in [0.4, 0.5) is 8.78 Å². The highest BCUT2D eigenvalue weighted by Gasteiger charge is 2.60. The molecule has 1 aliphatic rings. The summed E-state index contributed by atoms with van der Waals surface area (Å²) in [7, 11) is 0. The third-order valence-electron chi connectivity index (χ3n) is 3.15. The van der Waals surface area contributed by atoms with Crippen LogP contribution in [0.3, 0.4) is 0 Å². The molecule has 2 rings (SSSR count). The van der Waals surface area contributed by atoms with Crippen molar-refractivity contribution in [3.05, 3.63) is 35.4 Å². The second-order valence-corrected chi connectivity index (χ2v) is 4.12. The van der Waals surface area contributed by atoms with Crippen LogP contribution in [0.2, 0.25) is 0 Å². The third kappa shape index (κ3) is 1.57. The number of aliphatic carboxylic acids is 1. The first kappa shape index (κ1) is 11.0. The van der Waals surface area contributed by atoms with Crippen molar-refractivity contribution in [2.45, 2.75) is 12.3 Å². The van der Waals surface area contributed by atoms with Crippen LogP contribution in [0.5, 0.6) is 0 Å². The summed E-state index contributed by atoms with van der Waals surface area (Å²) in [5.74, 6) is -2.79. The van der Waals surface area contributed by atoms with Gasteiger partial charge in [0.15, 0.2) is 0 Å². The lowest BCUT2D eigenvalue weighted by Gasteiger charge is -2.09. The van der Waals surface area contributed by atoms with Crippen LogP contribution >= 0.6 is 0 Å². The minimum atomic E-state index is -1.04. The zero-order valence-electron chi connectivity index (χ0n) is 8.41. The maximum absolute atomic E-state index is 13.0. The van der Waals surface area contributed by atoms with Gasteiger partial charge in [0.2, 0.25) is 0 Å². The van der Waals surface area contributed by atoms with Gasteiger partial charge in [0.25, 0.3) is 0 Å². The Balaban J connectivity index is 2.31. The molecule has 1 fully saturated rings. The van der Waals surface area contributed by atoms with Gasteiger partial charge in [-0.05, 0) is 24.1 Å². The Hall–Kier alpha value is -1.49. The van der Waals surface area contributed by atoms with Crippen LogP contribution in [-0.4, -0.2) is 17.6 Å². The van der Waals surface area contributed by atoms with Gasteiger partial charge in [-0.3, -0.25) is 4.79 Å². The topological polar surface area (TPSA) is 63.3 Å². The van der Waals surface area contributed by atoms with Crippen molar-refractivity contribution in [2.75, 3.05) is 6.54 Å². The average molecular weight is 227 g/mol. The predicted molar refractivity (Wildman–Crippen MR) is 52.8 cm³/mol. The van der Waals surface area contributed by atoms with Crippen molar-refractivity contribution >= 4 is 5.97 Å². The molecule has 2 unspecified atom stereocenters. The maximum atomic E-state index is 13.0. The molecule has 1 aromatic carbocycles. The van der Waals surface area contributed by atoms with E-state index in [2.05, 4.69) is 0 Å². The molecule has 5 heteroatoms. The number of rotatable bonds is 3. The van der Waals surface area contributed by atoms with E-state index >= 15 is 0 Å². The van der Waals surface area contributed by atoms with Crippen LogP contribution < -0.4 is 5.73 Å². The van der Waals surface area contributed by atoms with Crippen molar-refractivity contribution in [3.63, 3.8) is 0 Å². The number of hydrogen-bond donors (Lipinski definition) is 2. The van der Waals surface area contributed by atoms with Crippen molar-refractivity contribution < 1.29 is 18.7 Å². The fraction of sp³-hybridized carbons (Fsp3) is 0.364. The van der Waals surface area contributed by atoms with Gasteiger partial charge in [-0.1, -0.05) is 0 Å². The van der Waals surface area contributed by atoms with Crippen molar-refractivity contribution in [2.24, 2.45) is 11.1 Å². The molecule has 0 bridgehead atoms. The molecule has 1 saturated carbocycles. The van der Waals surface area contributed by atoms with E-state index in [1.165, 1.54) is 0 Å². The lowest BCUT2D eigenvalue weighted by Crippen LogP contribution is -2.26. The van der Waals surface area contributed by atoms with Gasteiger partial charge < -0.3 is 10.8 Å². The summed E-state index contributed by atoms with van der Waals surface area (Å²) >= 11 is 0. The van der Waals surface area contributed by atoms with E-state index < -0.39 is 23.0 Å². The molecule has 0 amide bonds. The summed E-state index contributed by atoms with van der Waals surface area (Å²) in [5.41, 5.74) is 4.73. The lowest BCUT2D eigenvalue weighted by molar-refractivity contribution is -0.143. The molecule has 0 saturated heterocycles. The molecule has 0 radical (unpaired) electrons. The summed E-state index contributed by atoms with van der Waals surface area (Å²) in [6, 6.07) is 3.08. The zero-order chi connectivity index (χ0) is 11.9. The Kier molecular flexibility index (Phi) is 2.42. The van der Waals surface area contributed by atoms with E-state index in [0.29, 0.717) is 12.0 Å². The molecule has 1 aromatic rings. The predicted octanol–water partition coefficient (Wildman–Crippen LogP) is 1.48. The van der Waals surface area contributed by atoms with Gasteiger partial charge in [-0.25, -0.2) is 8.78 Å². The number of carboxylic acid groups (broad SMARTS) is 1. The quantitative estimate of drug-likeness (QED) is 0.822. The number of benzene rings is 1. The van der Waals surface area contributed by atoms with Gasteiger partial charge in [-0.15, -0.1) is 0 Å². The lowest BCUT2D eigenvalue weighted by atomic mass is 9.99. The van der Waals surface area contributed by atoms with Crippen LogP contribution in [0.15, 0.2) is 18.2 Å². The van der Waals surface area contributed by atoms with E-state index in [4.69, 9.17) is 10.8 Å². The Labute approximate surface area is 90.9 Å². The molecule has 2 atom stereocenters. The largest absolute Gasteiger partial charge is 0.481 e. The van der Waals surface area contributed by atoms with Crippen molar-refractivity contribution in [1.29, 1.82) is 0 Å². The fourth-order valence-corrected chi connectivity index (χ4v) is 2.07. The first-order chi connectivity index (χ1) is 7.49. The summed E-state index contributed by atoms with van der Waals surface area (Å²) in [6.45, 7) is -0.0227. The van der Waals surface area contributed by atoms with E-state index in [1.807, 2.05) is 0 Å². The summed E-state index contributed by atoms with van der Waals surface area (Å²) in [5, 5.41) is 9.01. The number of halogens is 2. The first-order valence-corrected chi connectivity index (χ1v) is 4.89. The zero-order valence-corrected chi connectivity index (χ0v) is 8.41. The van der Waals surface area contributed by atoms with Gasteiger partial charge in [-0.2, -0.15) is 0 Å². The third-order valence-corrected chi connectivity index (χ3v) is 3.15. The van der Waals surface area contributed by atoms with Crippen LogP contribution in [-0.2, 0) is 4.79 Å². The number of carboxylic acids is 1. The molecule has 0 aliphatic heterocycles. The maximum Gasteiger partial charge on any atom is 0.311 e. The smallest absolute Gasteiger partial charge is 0.311 e. The molecule has 1 aliphatic carbocycles. The Bertz CT molecular complexity index is 429. The molecule has 3 N–H and O–H groups in total. The fourth-order valence-electron chi connectivity index (χ4n) is 2.07. The second-order valence-electron chi connectivity index (χ2n) is 4.12. The monoisotopic (exact) mass is 227 g/mol. The van der Waals surface area contributed by atoms with Gasteiger partial charge in [0.05, 0.1) is 5.41 Å². The highest BCUT2D eigenvalue weighted by Crippen LogP contribution is 2.58. The molecule has 16 heavy (non-hydrogen) atoms. The molecule has 3 nitrogen and oxygen atoms in total. The highest BCUT2D eigenvalue weighted by atomic mass is 19.1. The van der Waals surface area contributed by atoms with Crippen molar-refractivity contribution in [3.8, 4) is 0 Å². The minimum Gasteiger partial charge on any atom is -0.481 e. The van der Waals surface area contributed by atoms with Crippen LogP contribution in [0.25, 0.3) is 0 Å². The van der Waals surface area contributed by atoms with Gasteiger partial charge in [0.1, 0.15) is 11.6 Å². The number of nitrogens with two attached hydrogens (primary N) is 1. The van der Waals surface area contributed by atoms with Crippen LogP contribution in [0, 0.1) is 17.0 Å². The van der Waals surface area contributed by atoms with E-state index in [9.17, 15) is 13.6 Å². The molecule has 0 aromatic heterocycles. The average Bonchev–Trinajstić information content (AvgIpc) is 2.91. The highest BCUT2D eigenvalue weighted by molar-refractivity contribution is 5.80. The van der Waals surface area contributed by atoms with Crippen molar-refractivity contribution in [1.82, 2.24) is 0 Å². The van der Waals surface area contributed by atoms with E-state index in [-0.39, 0.29) is 12.5 Å². The summed E-state index contributed by atoms with van der Waals surface area (Å²) < 4.78 is 25.9. The van der Waals surface area contributed by atoms with Crippen LogP contribution in [0.1, 0.15) is 17.9 Å². The summed E-state index contributed by atoms with van der Waals surface area (Å²) in [4.78, 5) is 11.0. The first-order valence-electron chi connectivity index (χ1n) is 4.89. The Morgan fingerprint density at radius 2 is 2.00 bits per heavy atom. The molecule has 0 spiro atoms. The van der Waals surface area contributed by atoms with Gasteiger partial charge >= 0.3 is 5.97 Å². The minimum absolute atomic E-state index is 0.0227. The second kappa shape index (κ2) is 3.52. The van der Waals surface area contributed by atoms with E-state index in [1.54, 1.807) is 0 Å². The molecular weight excluding hydrogens is 216 g/mol. The standard InChI is InChI=1S/C11H11F2NO2/c12-7-1-6(2-8(13)3-7)9-4-11(9,5-14)10(15)16/h1-3,9H,4-5,14H2,(H,15,16). The number of carbonyl (C=O) groups is 1. The number of hydrogen-bond acceptors (Lipinski definition) is 2. The summed E-state index contributed by atoms with van der Waals surface area (Å²) in [6.07, 6.45) is 0.335. The molecular formula is C11H11F2NO2. The Morgan fingerprint density at radius 3 is 2.38 bits per heavy atom. The SMILES string of the molecule is NCC1(C(=O)O)CC1c1cc(F)cc(F)c1. The normalized spacial score (nSPS) is 27.8. The van der Waals surface area contributed by atoms with Gasteiger partial charge in [0, 0.05) is 18.5 Å². The molecule has 0 heterocycles. The van der Waals surface area contributed by atoms with E-state index in [0.717, 1.165) is 18.2 Å². The molecule has 86 valence electrons.